The van der Waals surface area contributed by atoms with Crippen molar-refractivity contribution >= 4 is 32.3 Å². The van der Waals surface area contributed by atoms with E-state index in [1.54, 1.807) is 36.5 Å². The molecule has 3 aromatic carbocycles. The topological polar surface area (TPSA) is 65.5 Å². The molecule has 5 rings (SSSR count). The number of rotatable bonds is 7. The number of sulfonamides is 1. The Labute approximate surface area is 213 Å². The van der Waals surface area contributed by atoms with E-state index >= 15 is 0 Å². The molecule has 184 valence electrons. The predicted molar refractivity (Wildman–Crippen MR) is 146 cm³/mol. The van der Waals surface area contributed by atoms with Gasteiger partial charge in [-0.05, 0) is 42.3 Å². The third-order valence-corrected chi connectivity index (χ3v) is 8.29. The second-order valence-electron chi connectivity index (χ2n) is 9.07. The lowest BCUT2D eigenvalue weighted by Crippen LogP contribution is -2.46. The van der Waals surface area contributed by atoms with Crippen LogP contribution < -0.4 is 4.72 Å². The van der Waals surface area contributed by atoms with Crippen LogP contribution in [-0.4, -0.2) is 49.4 Å². The largest absolute Gasteiger partial charge is 0.369 e. The van der Waals surface area contributed by atoms with Gasteiger partial charge in [-0.2, -0.15) is 0 Å². The molecule has 0 spiro atoms. The van der Waals surface area contributed by atoms with E-state index in [0.717, 1.165) is 42.8 Å². The summed E-state index contributed by atoms with van der Waals surface area (Å²) in [6, 6.07) is 27.2. The molecule has 6 nitrogen and oxygen atoms in total. The molecule has 1 N–H and O–H groups in total. The molecule has 1 fully saturated rings. The quantitative estimate of drug-likeness (QED) is 0.370. The molecule has 1 aliphatic rings. The molecule has 0 bridgehead atoms. The molecule has 0 radical (unpaired) electrons. The zero-order valence-corrected chi connectivity index (χ0v) is 21.2. The summed E-state index contributed by atoms with van der Waals surface area (Å²) in [6.07, 6.45) is 1.60. The van der Waals surface area contributed by atoms with Crippen molar-refractivity contribution in [2.24, 2.45) is 0 Å². The first-order valence-corrected chi connectivity index (χ1v) is 13.6. The standard InChI is InChI=1S/C29H30N4O2S/c1-22(24-8-4-3-5-9-24)32-18-20-33(21-19-32)23(2)25-13-15-27(16-14-25)31-36(34,35)28-12-6-10-26-11-7-17-30-29(26)28/h3-17,22,31H,2,18-21H2,1H3. The minimum Gasteiger partial charge on any atom is -0.369 e. The van der Waals surface area contributed by atoms with Crippen LogP contribution in [0.2, 0.25) is 0 Å². The van der Waals surface area contributed by atoms with Crippen molar-refractivity contribution in [1.29, 1.82) is 0 Å². The Kier molecular flexibility index (Phi) is 6.76. The van der Waals surface area contributed by atoms with Crippen molar-refractivity contribution in [3.8, 4) is 0 Å². The molecule has 0 aliphatic carbocycles. The summed E-state index contributed by atoms with van der Waals surface area (Å²) in [6.45, 7) is 10.3. The fourth-order valence-corrected chi connectivity index (χ4v) is 5.98. The van der Waals surface area contributed by atoms with Gasteiger partial charge in [0, 0.05) is 55.2 Å². The van der Waals surface area contributed by atoms with Gasteiger partial charge in [0.05, 0.1) is 5.52 Å². The fraction of sp³-hybridized carbons (Fsp3) is 0.207. The lowest BCUT2D eigenvalue weighted by Gasteiger charge is -2.40. The average molecular weight is 499 g/mol. The third kappa shape index (κ3) is 4.98. The van der Waals surface area contributed by atoms with Gasteiger partial charge in [0.2, 0.25) is 0 Å². The van der Waals surface area contributed by atoms with Gasteiger partial charge in [0.15, 0.2) is 0 Å². The van der Waals surface area contributed by atoms with Crippen LogP contribution in [0.15, 0.2) is 103 Å². The summed E-state index contributed by atoms with van der Waals surface area (Å²) >= 11 is 0. The number of nitrogens with zero attached hydrogens (tertiary/aromatic N) is 3. The van der Waals surface area contributed by atoms with E-state index < -0.39 is 10.0 Å². The fourth-order valence-electron chi connectivity index (χ4n) is 4.74. The number of hydrogen-bond acceptors (Lipinski definition) is 5. The second-order valence-corrected chi connectivity index (χ2v) is 10.7. The molecule has 0 amide bonds. The van der Waals surface area contributed by atoms with Crippen molar-refractivity contribution < 1.29 is 8.42 Å². The first kappa shape index (κ1) is 24.0. The van der Waals surface area contributed by atoms with Crippen molar-refractivity contribution in [2.45, 2.75) is 17.9 Å². The van der Waals surface area contributed by atoms with E-state index in [-0.39, 0.29) is 4.90 Å². The lowest BCUT2D eigenvalue weighted by atomic mass is 10.1. The SMILES string of the molecule is C=C(c1ccc(NS(=O)(=O)c2cccc3cccnc23)cc1)N1CCN(C(C)c2ccccc2)CC1. The maximum atomic E-state index is 13.1. The first-order chi connectivity index (χ1) is 17.4. The van der Waals surface area contributed by atoms with Crippen LogP contribution in [0.25, 0.3) is 16.6 Å². The molecule has 1 atom stereocenters. The Morgan fingerprint density at radius 2 is 1.58 bits per heavy atom. The van der Waals surface area contributed by atoms with E-state index in [1.165, 1.54) is 5.56 Å². The number of aromatic nitrogens is 1. The maximum absolute atomic E-state index is 13.1. The Balaban J connectivity index is 1.23. The Bertz CT molecular complexity index is 1460. The van der Waals surface area contributed by atoms with E-state index in [0.29, 0.717) is 17.2 Å². The van der Waals surface area contributed by atoms with Crippen LogP contribution in [0.1, 0.15) is 24.1 Å². The number of para-hydroxylation sites is 1. The van der Waals surface area contributed by atoms with Gasteiger partial charge >= 0.3 is 0 Å². The van der Waals surface area contributed by atoms with Gasteiger partial charge in [-0.25, -0.2) is 8.42 Å². The van der Waals surface area contributed by atoms with E-state index in [1.807, 2.05) is 24.3 Å². The number of pyridine rings is 1. The summed E-state index contributed by atoms with van der Waals surface area (Å²) < 4.78 is 28.9. The molecular formula is C29H30N4O2S. The van der Waals surface area contributed by atoms with Gasteiger partial charge in [-0.3, -0.25) is 14.6 Å². The van der Waals surface area contributed by atoms with Crippen LogP contribution in [0.5, 0.6) is 0 Å². The van der Waals surface area contributed by atoms with Crippen molar-refractivity contribution in [1.82, 2.24) is 14.8 Å². The second kappa shape index (κ2) is 10.1. The van der Waals surface area contributed by atoms with E-state index in [4.69, 9.17) is 0 Å². The Hall–Kier alpha value is -3.68. The van der Waals surface area contributed by atoms with Crippen LogP contribution in [0.3, 0.4) is 0 Å². The van der Waals surface area contributed by atoms with Crippen LogP contribution >= 0.6 is 0 Å². The van der Waals surface area contributed by atoms with Gasteiger partial charge < -0.3 is 4.90 Å². The zero-order valence-electron chi connectivity index (χ0n) is 20.3. The molecule has 4 aromatic rings. The molecule has 36 heavy (non-hydrogen) atoms. The molecule has 1 aliphatic heterocycles. The van der Waals surface area contributed by atoms with Gasteiger partial charge in [0.1, 0.15) is 4.90 Å². The number of hydrogen-bond donors (Lipinski definition) is 1. The lowest BCUT2D eigenvalue weighted by molar-refractivity contribution is 0.136. The molecule has 1 aromatic heterocycles. The third-order valence-electron chi connectivity index (χ3n) is 6.88. The Morgan fingerprint density at radius 1 is 0.889 bits per heavy atom. The minimum atomic E-state index is -3.78. The molecule has 1 unspecified atom stereocenters. The van der Waals surface area contributed by atoms with E-state index in [2.05, 4.69) is 63.3 Å². The molecular weight excluding hydrogens is 468 g/mol. The smallest absolute Gasteiger partial charge is 0.264 e. The number of benzene rings is 3. The van der Waals surface area contributed by atoms with Gasteiger partial charge in [-0.1, -0.05) is 67.2 Å². The number of anilines is 1. The minimum absolute atomic E-state index is 0.164. The normalized spacial score (nSPS) is 15.5. The summed E-state index contributed by atoms with van der Waals surface area (Å²) in [4.78, 5) is 9.24. The van der Waals surface area contributed by atoms with Crippen molar-refractivity contribution in [3.63, 3.8) is 0 Å². The van der Waals surface area contributed by atoms with Crippen LogP contribution in [-0.2, 0) is 10.0 Å². The highest BCUT2D eigenvalue weighted by Gasteiger charge is 2.23. The number of nitrogens with one attached hydrogen (secondary N) is 1. The monoisotopic (exact) mass is 498 g/mol. The predicted octanol–water partition coefficient (Wildman–Crippen LogP) is 5.39. The van der Waals surface area contributed by atoms with Crippen molar-refractivity contribution in [2.75, 3.05) is 30.9 Å². The molecule has 2 heterocycles. The molecule has 7 heteroatoms. The van der Waals surface area contributed by atoms with Crippen LogP contribution in [0.4, 0.5) is 5.69 Å². The van der Waals surface area contributed by atoms with Gasteiger partial charge in [-0.15, -0.1) is 0 Å². The molecule has 1 saturated heterocycles. The van der Waals surface area contributed by atoms with E-state index in [9.17, 15) is 8.42 Å². The van der Waals surface area contributed by atoms with Crippen LogP contribution in [0, 0.1) is 0 Å². The summed E-state index contributed by atoms with van der Waals surface area (Å²) in [5, 5.41) is 0.783. The zero-order chi connectivity index (χ0) is 25.1. The number of fused-ring (bicyclic) bond motifs is 1. The van der Waals surface area contributed by atoms with Crippen molar-refractivity contribution in [3.05, 3.63) is 109 Å². The summed E-state index contributed by atoms with van der Waals surface area (Å²) in [7, 11) is -3.78. The highest BCUT2D eigenvalue weighted by atomic mass is 32.2. The highest BCUT2D eigenvalue weighted by Crippen LogP contribution is 2.27. The first-order valence-electron chi connectivity index (χ1n) is 12.1. The summed E-state index contributed by atoms with van der Waals surface area (Å²) in [5.74, 6) is 0. The maximum Gasteiger partial charge on any atom is 0.264 e. The highest BCUT2D eigenvalue weighted by molar-refractivity contribution is 7.93. The Morgan fingerprint density at radius 3 is 2.31 bits per heavy atom. The molecule has 0 saturated carbocycles. The summed E-state index contributed by atoms with van der Waals surface area (Å²) in [5.41, 5.74) is 4.23. The van der Waals surface area contributed by atoms with Gasteiger partial charge in [0.25, 0.3) is 10.0 Å². The average Bonchev–Trinajstić information content (AvgIpc) is 2.93. The number of piperazine rings is 1.